The minimum absolute atomic E-state index is 0.156. The Bertz CT molecular complexity index is 1110. The van der Waals surface area contributed by atoms with E-state index in [1.807, 2.05) is 30.3 Å². The van der Waals surface area contributed by atoms with Crippen molar-refractivity contribution >= 4 is 5.69 Å². The number of halogens is 1. The quantitative estimate of drug-likeness (QED) is 0.190. The summed E-state index contributed by atoms with van der Waals surface area (Å²) in [5, 5.41) is 28.2. The molecule has 1 fully saturated rings. The predicted octanol–water partition coefficient (Wildman–Crippen LogP) is 6.61. The number of hydrogen-bond donors (Lipinski definition) is 2. The summed E-state index contributed by atoms with van der Waals surface area (Å²) in [4.78, 5) is 18.9. The van der Waals surface area contributed by atoms with Gasteiger partial charge in [-0.05, 0) is 79.8 Å². The van der Waals surface area contributed by atoms with Gasteiger partial charge in [0.05, 0.1) is 4.92 Å². The average molecular weight is 510 g/mol. The van der Waals surface area contributed by atoms with Crippen LogP contribution in [0.4, 0.5) is 10.1 Å². The molecule has 4 rings (SSSR count). The molecule has 1 unspecified atom stereocenters. The summed E-state index contributed by atoms with van der Waals surface area (Å²) in [6, 6.07) is 24.9. The number of nitro benzene ring substituents is 1. The van der Waals surface area contributed by atoms with Gasteiger partial charge >= 0.3 is 0 Å². The lowest BCUT2D eigenvalue weighted by molar-refractivity contribution is -0.742. The Hall–Kier alpha value is -3.85. The van der Waals surface area contributed by atoms with Crippen LogP contribution in [0.1, 0.15) is 67.1 Å². The summed E-state index contributed by atoms with van der Waals surface area (Å²) >= 11 is 0. The van der Waals surface area contributed by atoms with Gasteiger partial charge < -0.3 is 10.5 Å². The van der Waals surface area contributed by atoms with E-state index in [4.69, 9.17) is 15.3 Å². The Morgan fingerprint density at radius 1 is 0.865 bits per heavy atom. The largest absolute Gasteiger partial charge is 0.328 e. The molecule has 37 heavy (non-hydrogen) atoms. The minimum atomic E-state index is -1.50. The maximum absolute atomic E-state index is 13.4. The normalized spacial score (nSPS) is 17.8. The highest BCUT2D eigenvalue weighted by Crippen LogP contribution is 2.34. The molecule has 0 amide bonds. The highest BCUT2D eigenvalue weighted by molar-refractivity contribution is 5.35. The fraction of sp³-hybridized carbons (Fsp3) is 0.357. The summed E-state index contributed by atoms with van der Waals surface area (Å²) in [6.45, 7) is 0.970. The van der Waals surface area contributed by atoms with Gasteiger partial charge in [0, 0.05) is 24.1 Å². The Balaban J connectivity index is 0.000000886. The van der Waals surface area contributed by atoms with E-state index in [-0.39, 0.29) is 22.3 Å². The number of nitrogens with zero attached hydrogens (tertiary/aromatic N) is 2. The first-order chi connectivity index (χ1) is 17.8. The van der Waals surface area contributed by atoms with Crippen molar-refractivity contribution in [3.05, 3.63) is 122 Å². The zero-order valence-corrected chi connectivity index (χ0v) is 20.5. The molecule has 0 aromatic heterocycles. The van der Waals surface area contributed by atoms with Gasteiger partial charge in [-0.25, -0.2) is 4.39 Å². The molecule has 1 aliphatic carbocycles. The van der Waals surface area contributed by atoms with Crippen molar-refractivity contribution in [1.82, 2.24) is 5.32 Å². The third-order valence-corrected chi connectivity index (χ3v) is 6.88. The number of nitrogens with one attached hydrogen (secondary N) is 1. The van der Waals surface area contributed by atoms with Gasteiger partial charge in [-0.2, -0.15) is 0 Å². The van der Waals surface area contributed by atoms with E-state index < -0.39 is 5.09 Å². The fourth-order valence-electron chi connectivity index (χ4n) is 5.02. The minimum Gasteiger partial charge on any atom is -0.328 e. The Morgan fingerprint density at radius 3 is 2.00 bits per heavy atom. The average Bonchev–Trinajstić information content (AvgIpc) is 2.90. The molecular weight excluding hydrogens is 477 g/mol. The Kier molecular flexibility index (Phi) is 10.5. The van der Waals surface area contributed by atoms with Crippen molar-refractivity contribution < 1.29 is 19.6 Å². The molecule has 0 bridgehead atoms. The summed E-state index contributed by atoms with van der Waals surface area (Å²) < 4.78 is 13.4. The zero-order chi connectivity index (χ0) is 26.6. The van der Waals surface area contributed by atoms with Gasteiger partial charge in [0.2, 0.25) is 0 Å². The van der Waals surface area contributed by atoms with Crippen LogP contribution in [0, 0.1) is 26.0 Å². The second-order valence-electron chi connectivity index (χ2n) is 9.25. The summed E-state index contributed by atoms with van der Waals surface area (Å²) in [6.07, 6.45) is 6.54. The van der Waals surface area contributed by atoms with Gasteiger partial charge in [-0.3, -0.25) is 10.1 Å². The molecule has 3 aromatic carbocycles. The monoisotopic (exact) mass is 509 g/mol. The fourth-order valence-corrected chi connectivity index (χ4v) is 5.02. The number of nitro groups is 1. The SMILES string of the molecule is O=[N+]([O-])O.O=[N+]([O-])c1ccc(C2CCC(NCCCC(c3ccccc3)c3ccc(F)cc3)CC2)cc1. The number of hydrogen-bond acceptors (Lipinski definition) is 5. The topological polar surface area (TPSA) is 119 Å². The van der Waals surface area contributed by atoms with Gasteiger partial charge in [0.1, 0.15) is 5.82 Å². The molecule has 2 N–H and O–H groups in total. The first kappa shape index (κ1) is 27.7. The van der Waals surface area contributed by atoms with E-state index in [1.54, 1.807) is 24.3 Å². The number of benzene rings is 3. The standard InChI is InChI=1S/C28H31FN2O2.HNO3/c29-25-14-8-24(9-15-25)28(23-5-2-1-3-6-23)7-4-20-30-26-16-10-21(11-17-26)22-12-18-27(19-13-22)31(32)33;2-1(3)4/h1-3,5-6,8-9,12-15,18-19,21,26,28,30H,4,7,10-11,16-17,20H2;(H,2,3,4). The molecule has 196 valence electrons. The molecule has 0 saturated heterocycles. The van der Waals surface area contributed by atoms with Crippen LogP contribution in [0.3, 0.4) is 0 Å². The molecule has 0 spiro atoms. The summed E-state index contributed by atoms with van der Waals surface area (Å²) in [5.74, 6) is 0.563. The molecule has 1 atom stereocenters. The van der Waals surface area contributed by atoms with Gasteiger partial charge in [-0.15, -0.1) is 10.1 Å². The number of rotatable bonds is 9. The van der Waals surface area contributed by atoms with E-state index in [2.05, 4.69) is 29.6 Å². The molecule has 0 aliphatic heterocycles. The Morgan fingerprint density at radius 2 is 1.43 bits per heavy atom. The van der Waals surface area contributed by atoms with Crippen LogP contribution < -0.4 is 5.32 Å². The summed E-state index contributed by atoms with van der Waals surface area (Å²) in [5.41, 5.74) is 3.80. The predicted molar refractivity (Wildman–Crippen MR) is 139 cm³/mol. The van der Waals surface area contributed by atoms with Crippen LogP contribution >= 0.6 is 0 Å². The van der Waals surface area contributed by atoms with Gasteiger partial charge in [0.25, 0.3) is 10.8 Å². The van der Waals surface area contributed by atoms with Crippen molar-refractivity contribution in [3.63, 3.8) is 0 Å². The first-order valence-electron chi connectivity index (χ1n) is 12.4. The number of non-ortho nitro benzene ring substituents is 1. The maximum Gasteiger partial charge on any atom is 0.291 e. The van der Waals surface area contributed by atoms with Crippen LogP contribution in [0.2, 0.25) is 0 Å². The lowest BCUT2D eigenvalue weighted by Gasteiger charge is -2.29. The molecule has 8 nitrogen and oxygen atoms in total. The van der Waals surface area contributed by atoms with Crippen molar-refractivity contribution in [3.8, 4) is 0 Å². The first-order valence-corrected chi connectivity index (χ1v) is 12.4. The van der Waals surface area contributed by atoms with E-state index in [1.165, 1.54) is 11.1 Å². The highest BCUT2D eigenvalue weighted by Gasteiger charge is 2.22. The molecular formula is C28H32FN3O5. The second-order valence-corrected chi connectivity index (χ2v) is 9.25. The molecule has 0 radical (unpaired) electrons. The highest BCUT2D eigenvalue weighted by atomic mass is 19.1. The van der Waals surface area contributed by atoms with Crippen LogP contribution in [0.15, 0.2) is 78.9 Å². The van der Waals surface area contributed by atoms with E-state index in [9.17, 15) is 14.5 Å². The molecule has 3 aromatic rings. The molecule has 1 saturated carbocycles. The lowest BCUT2D eigenvalue weighted by Crippen LogP contribution is -2.33. The van der Waals surface area contributed by atoms with Crippen LogP contribution in [-0.2, 0) is 0 Å². The van der Waals surface area contributed by atoms with Gasteiger partial charge in [-0.1, -0.05) is 54.6 Å². The van der Waals surface area contributed by atoms with Crippen molar-refractivity contribution in [2.75, 3.05) is 6.54 Å². The van der Waals surface area contributed by atoms with Crippen molar-refractivity contribution in [2.24, 2.45) is 0 Å². The van der Waals surface area contributed by atoms with Crippen molar-refractivity contribution in [2.45, 2.75) is 56.4 Å². The maximum atomic E-state index is 13.4. The second kappa shape index (κ2) is 14.0. The summed E-state index contributed by atoms with van der Waals surface area (Å²) in [7, 11) is 0. The third-order valence-electron chi connectivity index (χ3n) is 6.88. The van der Waals surface area contributed by atoms with E-state index in [0.717, 1.165) is 50.6 Å². The Labute approximate surface area is 215 Å². The van der Waals surface area contributed by atoms with Crippen LogP contribution in [0.5, 0.6) is 0 Å². The van der Waals surface area contributed by atoms with E-state index >= 15 is 0 Å². The van der Waals surface area contributed by atoms with Crippen molar-refractivity contribution in [1.29, 1.82) is 0 Å². The zero-order valence-electron chi connectivity index (χ0n) is 20.5. The molecule has 9 heteroatoms. The van der Waals surface area contributed by atoms with Gasteiger partial charge in [0.15, 0.2) is 0 Å². The van der Waals surface area contributed by atoms with E-state index in [0.29, 0.717) is 12.0 Å². The smallest absolute Gasteiger partial charge is 0.291 e. The molecule has 1 aliphatic rings. The van der Waals surface area contributed by atoms with Crippen LogP contribution in [0.25, 0.3) is 0 Å². The molecule has 0 heterocycles. The third kappa shape index (κ3) is 8.95. The lowest BCUT2D eigenvalue weighted by atomic mass is 9.81. The van der Waals surface area contributed by atoms with Crippen LogP contribution in [-0.4, -0.2) is 27.8 Å².